The van der Waals surface area contributed by atoms with Gasteiger partial charge in [-0.2, -0.15) is 9.57 Å². The smallest absolute Gasteiger partial charge is 0.207 e. The SMILES string of the molecule is N#CCN(C1CCCC1)S(=O)(=O)c1ccc(Cl)cc1. The molecule has 0 saturated heterocycles. The number of nitrogens with zero attached hydrogens (tertiary/aromatic N) is 2. The number of hydrogen-bond acceptors (Lipinski definition) is 3. The van der Waals surface area contributed by atoms with Gasteiger partial charge in [-0.1, -0.05) is 24.4 Å². The quantitative estimate of drug-likeness (QED) is 0.803. The molecule has 1 aliphatic rings. The predicted octanol–water partition coefficient (Wildman–Crippen LogP) is 2.80. The number of sulfonamides is 1. The van der Waals surface area contributed by atoms with Gasteiger partial charge in [0.1, 0.15) is 6.54 Å². The Labute approximate surface area is 118 Å². The Morgan fingerprint density at radius 1 is 1.26 bits per heavy atom. The highest BCUT2D eigenvalue weighted by molar-refractivity contribution is 7.89. The fraction of sp³-hybridized carbons (Fsp3) is 0.462. The minimum Gasteiger partial charge on any atom is -0.207 e. The molecule has 1 fully saturated rings. The van der Waals surface area contributed by atoms with E-state index < -0.39 is 10.0 Å². The molecule has 19 heavy (non-hydrogen) atoms. The van der Waals surface area contributed by atoms with Gasteiger partial charge in [0.05, 0.1) is 11.0 Å². The lowest BCUT2D eigenvalue weighted by molar-refractivity contribution is 0.350. The lowest BCUT2D eigenvalue weighted by Gasteiger charge is -2.25. The van der Waals surface area contributed by atoms with Crippen LogP contribution in [0.15, 0.2) is 29.2 Å². The van der Waals surface area contributed by atoms with E-state index in [-0.39, 0.29) is 17.5 Å². The summed E-state index contributed by atoms with van der Waals surface area (Å²) in [6.07, 6.45) is 3.69. The maximum Gasteiger partial charge on any atom is 0.244 e. The molecule has 0 aliphatic heterocycles. The number of benzene rings is 1. The molecule has 1 aliphatic carbocycles. The first-order valence-corrected chi connectivity index (χ1v) is 8.02. The summed E-state index contributed by atoms with van der Waals surface area (Å²) in [6, 6.07) is 7.96. The molecule has 6 heteroatoms. The van der Waals surface area contributed by atoms with Gasteiger partial charge >= 0.3 is 0 Å². The molecule has 0 spiro atoms. The Bertz CT molecular complexity index is 572. The van der Waals surface area contributed by atoms with Crippen LogP contribution in [0.25, 0.3) is 0 Å². The minimum absolute atomic E-state index is 0.0553. The van der Waals surface area contributed by atoms with Crippen molar-refractivity contribution in [1.29, 1.82) is 5.26 Å². The molecular weight excluding hydrogens is 284 g/mol. The van der Waals surface area contributed by atoms with Crippen molar-refractivity contribution in [2.75, 3.05) is 6.54 Å². The second-order valence-corrected chi connectivity index (χ2v) is 6.93. The third kappa shape index (κ3) is 3.08. The van der Waals surface area contributed by atoms with Crippen LogP contribution in [-0.4, -0.2) is 25.3 Å². The van der Waals surface area contributed by atoms with Crippen LogP contribution in [0.4, 0.5) is 0 Å². The summed E-state index contributed by atoms with van der Waals surface area (Å²) >= 11 is 5.77. The summed E-state index contributed by atoms with van der Waals surface area (Å²) < 4.78 is 26.4. The van der Waals surface area contributed by atoms with Crippen LogP contribution in [-0.2, 0) is 10.0 Å². The van der Waals surface area contributed by atoms with Crippen molar-refractivity contribution in [3.05, 3.63) is 29.3 Å². The van der Waals surface area contributed by atoms with Gasteiger partial charge in [0.15, 0.2) is 0 Å². The molecule has 0 amide bonds. The molecule has 0 heterocycles. The first-order chi connectivity index (χ1) is 9.05. The Morgan fingerprint density at radius 3 is 2.37 bits per heavy atom. The third-order valence-electron chi connectivity index (χ3n) is 3.38. The number of rotatable bonds is 4. The van der Waals surface area contributed by atoms with E-state index in [9.17, 15) is 8.42 Å². The average molecular weight is 299 g/mol. The summed E-state index contributed by atoms with van der Waals surface area (Å²) in [4.78, 5) is 0.194. The molecule has 2 rings (SSSR count). The Kier molecular flexibility index (Phi) is 4.46. The molecule has 0 atom stereocenters. The summed E-state index contributed by atoms with van der Waals surface area (Å²) in [5.74, 6) is 0. The fourth-order valence-corrected chi connectivity index (χ4v) is 4.12. The van der Waals surface area contributed by atoms with Crippen molar-refractivity contribution < 1.29 is 8.42 Å². The Morgan fingerprint density at radius 2 is 1.84 bits per heavy atom. The lowest BCUT2D eigenvalue weighted by atomic mass is 10.2. The molecule has 0 N–H and O–H groups in total. The monoisotopic (exact) mass is 298 g/mol. The zero-order valence-electron chi connectivity index (χ0n) is 10.4. The van der Waals surface area contributed by atoms with Gasteiger partial charge in [-0.15, -0.1) is 0 Å². The molecule has 1 aromatic carbocycles. The topological polar surface area (TPSA) is 61.2 Å². The van der Waals surface area contributed by atoms with E-state index in [4.69, 9.17) is 16.9 Å². The molecule has 0 bridgehead atoms. The summed E-state index contributed by atoms with van der Waals surface area (Å²) in [5.41, 5.74) is 0. The molecule has 0 aromatic heterocycles. The lowest BCUT2D eigenvalue weighted by Crippen LogP contribution is -2.39. The van der Waals surface area contributed by atoms with Crippen LogP contribution < -0.4 is 0 Å². The van der Waals surface area contributed by atoms with Crippen molar-refractivity contribution in [2.45, 2.75) is 36.6 Å². The van der Waals surface area contributed by atoms with Gasteiger partial charge < -0.3 is 0 Å². The average Bonchev–Trinajstić information content (AvgIpc) is 2.89. The molecule has 4 nitrogen and oxygen atoms in total. The second-order valence-electron chi connectivity index (χ2n) is 4.60. The van der Waals surface area contributed by atoms with Gasteiger partial charge in [0.2, 0.25) is 10.0 Å². The number of hydrogen-bond donors (Lipinski definition) is 0. The fourth-order valence-electron chi connectivity index (χ4n) is 2.41. The van der Waals surface area contributed by atoms with E-state index in [1.54, 1.807) is 12.1 Å². The molecular formula is C13H15ClN2O2S. The van der Waals surface area contributed by atoms with Crippen LogP contribution in [0.2, 0.25) is 5.02 Å². The van der Waals surface area contributed by atoms with Gasteiger partial charge in [-0.25, -0.2) is 8.42 Å². The molecule has 0 radical (unpaired) electrons. The van der Waals surface area contributed by atoms with Crippen molar-refractivity contribution in [3.8, 4) is 6.07 Å². The maximum absolute atomic E-state index is 12.6. The summed E-state index contributed by atoms with van der Waals surface area (Å²) in [5, 5.41) is 9.37. The molecule has 102 valence electrons. The van der Waals surface area contributed by atoms with Gasteiger partial charge in [-0.3, -0.25) is 0 Å². The van der Waals surface area contributed by atoms with Gasteiger partial charge in [0.25, 0.3) is 0 Å². The zero-order chi connectivity index (χ0) is 13.9. The van der Waals surface area contributed by atoms with Crippen molar-refractivity contribution in [3.63, 3.8) is 0 Å². The maximum atomic E-state index is 12.6. The van der Waals surface area contributed by atoms with Gasteiger partial charge in [-0.05, 0) is 37.1 Å². The van der Waals surface area contributed by atoms with E-state index in [2.05, 4.69) is 0 Å². The Hall–Kier alpha value is -1.09. The third-order valence-corrected chi connectivity index (χ3v) is 5.54. The van der Waals surface area contributed by atoms with Crippen LogP contribution in [0.3, 0.4) is 0 Å². The number of nitriles is 1. The summed E-state index contributed by atoms with van der Waals surface area (Å²) in [6.45, 7) is -0.102. The Balaban J connectivity index is 2.33. The van der Waals surface area contributed by atoms with E-state index in [1.165, 1.54) is 16.4 Å². The van der Waals surface area contributed by atoms with Gasteiger partial charge in [0, 0.05) is 11.1 Å². The molecule has 1 aromatic rings. The largest absolute Gasteiger partial charge is 0.244 e. The van der Waals surface area contributed by atoms with Crippen molar-refractivity contribution in [2.24, 2.45) is 0 Å². The van der Waals surface area contributed by atoms with E-state index in [1.807, 2.05) is 6.07 Å². The van der Waals surface area contributed by atoms with Crippen LogP contribution in [0.5, 0.6) is 0 Å². The van der Waals surface area contributed by atoms with Crippen LogP contribution in [0.1, 0.15) is 25.7 Å². The van der Waals surface area contributed by atoms with Crippen LogP contribution >= 0.6 is 11.6 Å². The second kappa shape index (κ2) is 5.91. The van der Waals surface area contributed by atoms with E-state index in [0.717, 1.165) is 25.7 Å². The molecule has 0 unspecified atom stereocenters. The predicted molar refractivity (Wildman–Crippen MR) is 73.2 cm³/mol. The standard InChI is InChI=1S/C13H15ClN2O2S/c14-11-5-7-13(8-6-11)19(17,18)16(10-9-15)12-3-1-2-4-12/h5-8,12H,1-4,10H2. The van der Waals surface area contributed by atoms with E-state index >= 15 is 0 Å². The summed E-state index contributed by atoms with van der Waals surface area (Å²) in [7, 11) is -3.61. The van der Waals surface area contributed by atoms with Crippen molar-refractivity contribution in [1.82, 2.24) is 4.31 Å². The highest BCUT2D eigenvalue weighted by Crippen LogP contribution is 2.28. The first kappa shape index (κ1) is 14.3. The minimum atomic E-state index is -3.61. The normalized spacial score (nSPS) is 16.7. The van der Waals surface area contributed by atoms with Crippen molar-refractivity contribution >= 4 is 21.6 Å². The molecule has 1 saturated carbocycles. The van der Waals surface area contributed by atoms with Crippen LogP contribution in [0, 0.1) is 11.3 Å². The first-order valence-electron chi connectivity index (χ1n) is 6.20. The van der Waals surface area contributed by atoms with E-state index in [0.29, 0.717) is 5.02 Å². The number of halogens is 1. The highest BCUT2D eigenvalue weighted by atomic mass is 35.5. The zero-order valence-corrected chi connectivity index (χ0v) is 12.0. The highest BCUT2D eigenvalue weighted by Gasteiger charge is 2.32.